The van der Waals surface area contributed by atoms with E-state index in [9.17, 15) is 14.0 Å². The summed E-state index contributed by atoms with van der Waals surface area (Å²) in [5, 5.41) is 0. The molecule has 0 saturated carbocycles. The molecule has 1 aromatic heterocycles. The van der Waals surface area contributed by atoms with Crippen molar-refractivity contribution >= 4 is 27.7 Å². The summed E-state index contributed by atoms with van der Waals surface area (Å²) in [6.45, 7) is 0. The Kier molecular flexibility index (Phi) is 4.95. The van der Waals surface area contributed by atoms with E-state index in [2.05, 4.69) is 26.8 Å². The first-order chi connectivity index (χ1) is 12.0. The number of hydrogen-bond acceptors (Lipinski definition) is 3. The normalized spacial score (nSPS) is 10.3. The number of amides is 2. The Labute approximate surface area is 150 Å². The second-order valence-electron chi connectivity index (χ2n) is 5.06. The molecule has 3 aromatic rings. The highest BCUT2D eigenvalue weighted by atomic mass is 79.9. The highest BCUT2D eigenvalue weighted by Gasteiger charge is 2.15. The zero-order chi connectivity index (χ0) is 17.8. The van der Waals surface area contributed by atoms with Crippen molar-refractivity contribution < 1.29 is 18.4 Å². The highest BCUT2D eigenvalue weighted by molar-refractivity contribution is 9.10. The molecule has 0 fully saturated rings. The summed E-state index contributed by atoms with van der Waals surface area (Å²) in [5.74, 6) is -1.39. The van der Waals surface area contributed by atoms with Gasteiger partial charge in [0.2, 0.25) is 0 Å². The van der Waals surface area contributed by atoms with Gasteiger partial charge in [0.1, 0.15) is 11.6 Å². The summed E-state index contributed by atoms with van der Waals surface area (Å²) in [4.78, 5) is 24.0. The first-order valence-corrected chi connectivity index (χ1v) is 8.05. The van der Waals surface area contributed by atoms with Gasteiger partial charge in [-0.2, -0.15) is 0 Å². The molecule has 0 saturated heterocycles. The van der Waals surface area contributed by atoms with Crippen LogP contribution in [0, 0.1) is 5.82 Å². The van der Waals surface area contributed by atoms with Crippen molar-refractivity contribution in [2.45, 2.75) is 0 Å². The molecular formula is C18H12BrFN2O3. The average Bonchev–Trinajstić information content (AvgIpc) is 3.10. The van der Waals surface area contributed by atoms with Crippen LogP contribution in [0.15, 0.2) is 69.6 Å². The lowest BCUT2D eigenvalue weighted by molar-refractivity contribution is 0.0831. The Morgan fingerprint density at radius 2 is 1.56 bits per heavy atom. The molecule has 0 aliphatic rings. The van der Waals surface area contributed by atoms with Gasteiger partial charge < -0.3 is 4.42 Å². The SMILES string of the molecule is O=C(NNC(=O)c1ccc(-c2ccccc2F)o1)c1ccc(Br)cc1. The van der Waals surface area contributed by atoms with Crippen LogP contribution in [0.5, 0.6) is 0 Å². The van der Waals surface area contributed by atoms with Gasteiger partial charge in [-0.1, -0.05) is 28.1 Å². The molecule has 1 heterocycles. The Hall–Kier alpha value is -2.93. The van der Waals surface area contributed by atoms with Crippen LogP contribution < -0.4 is 10.9 Å². The minimum atomic E-state index is -0.645. The predicted octanol–water partition coefficient (Wildman–Crippen LogP) is 3.92. The number of furan rings is 1. The molecule has 0 unspecified atom stereocenters. The second-order valence-corrected chi connectivity index (χ2v) is 5.97. The summed E-state index contributed by atoms with van der Waals surface area (Å²) in [5.41, 5.74) is 5.18. The third-order valence-corrected chi connectivity index (χ3v) is 3.89. The van der Waals surface area contributed by atoms with Gasteiger partial charge in [0, 0.05) is 10.0 Å². The van der Waals surface area contributed by atoms with Crippen LogP contribution in [-0.2, 0) is 0 Å². The van der Waals surface area contributed by atoms with Crippen LogP contribution >= 0.6 is 15.9 Å². The van der Waals surface area contributed by atoms with E-state index in [0.29, 0.717) is 5.56 Å². The summed E-state index contributed by atoms with van der Waals surface area (Å²) >= 11 is 3.27. The maximum absolute atomic E-state index is 13.7. The van der Waals surface area contributed by atoms with Crippen molar-refractivity contribution in [2.24, 2.45) is 0 Å². The summed E-state index contributed by atoms with van der Waals surface area (Å²) in [6, 6.07) is 15.6. The lowest BCUT2D eigenvalue weighted by atomic mass is 10.1. The quantitative estimate of drug-likeness (QED) is 0.652. The second kappa shape index (κ2) is 7.31. The lowest BCUT2D eigenvalue weighted by Crippen LogP contribution is -2.41. The minimum absolute atomic E-state index is 0.0469. The van der Waals surface area contributed by atoms with Crippen LogP contribution in [-0.4, -0.2) is 11.8 Å². The molecule has 2 aromatic carbocycles. The van der Waals surface area contributed by atoms with Gasteiger partial charge in [0.05, 0.1) is 5.56 Å². The van der Waals surface area contributed by atoms with Crippen LogP contribution in [0.1, 0.15) is 20.9 Å². The van der Waals surface area contributed by atoms with Crippen LogP contribution in [0.2, 0.25) is 0 Å². The van der Waals surface area contributed by atoms with Crippen molar-refractivity contribution in [3.05, 3.63) is 82.3 Å². The topological polar surface area (TPSA) is 71.3 Å². The van der Waals surface area contributed by atoms with E-state index in [1.807, 2.05) is 0 Å². The molecule has 2 N–H and O–H groups in total. The van der Waals surface area contributed by atoms with Crippen molar-refractivity contribution in [3.8, 4) is 11.3 Å². The maximum atomic E-state index is 13.7. The first-order valence-electron chi connectivity index (χ1n) is 7.25. The zero-order valence-electron chi connectivity index (χ0n) is 12.8. The van der Waals surface area contributed by atoms with Gasteiger partial charge in [-0.15, -0.1) is 0 Å². The average molecular weight is 403 g/mol. The fourth-order valence-corrected chi connectivity index (χ4v) is 2.38. The summed E-state index contributed by atoms with van der Waals surface area (Å²) < 4.78 is 19.9. The number of carbonyl (C=O) groups is 2. The minimum Gasteiger partial charge on any atom is -0.451 e. The van der Waals surface area contributed by atoms with Gasteiger partial charge >= 0.3 is 5.91 Å². The van der Waals surface area contributed by atoms with Gasteiger partial charge in [-0.3, -0.25) is 20.4 Å². The Bertz CT molecular complexity index is 922. The maximum Gasteiger partial charge on any atom is 0.305 e. The van der Waals surface area contributed by atoms with Crippen molar-refractivity contribution in [1.82, 2.24) is 10.9 Å². The number of halogens is 2. The fourth-order valence-electron chi connectivity index (χ4n) is 2.11. The van der Waals surface area contributed by atoms with E-state index in [-0.39, 0.29) is 17.1 Å². The molecule has 25 heavy (non-hydrogen) atoms. The van der Waals surface area contributed by atoms with Crippen LogP contribution in [0.25, 0.3) is 11.3 Å². The van der Waals surface area contributed by atoms with Crippen molar-refractivity contribution in [2.75, 3.05) is 0 Å². The molecule has 5 nitrogen and oxygen atoms in total. The van der Waals surface area contributed by atoms with E-state index in [1.54, 1.807) is 42.5 Å². The van der Waals surface area contributed by atoms with Crippen molar-refractivity contribution in [1.29, 1.82) is 0 Å². The molecule has 0 atom stereocenters. The Morgan fingerprint density at radius 3 is 2.28 bits per heavy atom. The number of hydrogen-bond donors (Lipinski definition) is 2. The van der Waals surface area contributed by atoms with Crippen LogP contribution in [0.4, 0.5) is 4.39 Å². The van der Waals surface area contributed by atoms with E-state index >= 15 is 0 Å². The van der Waals surface area contributed by atoms with E-state index in [1.165, 1.54) is 18.2 Å². The Morgan fingerprint density at radius 1 is 0.880 bits per heavy atom. The number of hydrazine groups is 1. The fraction of sp³-hybridized carbons (Fsp3) is 0. The zero-order valence-corrected chi connectivity index (χ0v) is 14.3. The molecule has 0 aliphatic heterocycles. The predicted molar refractivity (Wildman–Crippen MR) is 93.2 cm³/mol. The monoisotopic (exact) mass is 402 g/mol. The summed E-state index contributed by atoms with van der Waals surface area (Å²) in [6.07, 6.45) is 0. The van der Waals surface area contributed by atoms with E-state index in [4.69, 9.17) is 4.42 Å². The summed E-state index contributed by atoms with van der Waals surface area (Å²) in [7, 11) is 0. The molecule has 2 amide bonds. The molecule has 126 valence electrons. The molecular weight excluding hydrogens is 391 g/mol. The highest BCUT2D eigenvalue weighted by Crippen LogP contribution is 2.24. The lowest BCUT2D eigenvalue weighted by Gasteiger charge is -2.06. The van der Waals surface area contributed by atoms with Crippen molar-refractivity contribution in [3.63, 3.8) is 0 Å². The molecule has 0 spiro atoms. The van der Waals surface area contributed by atoms with E-state index in [0.717, 1.165) is 4.47 Å². The smallest absolute Gasteiger partial charge is 0.305 e. The molecule has 0 radical (unpaired) electrons. The van der Waals surface area contributed by atoms with Crippen LogP contribution in [0.3, 0.4) is 0 Å². The number of rotatable bonds is 3. The molecule has 0 aliphatic carbocycles. The van der Waals surface area contributed by atoms with Gasteiger partial charge in [-0.25, -0.2) is 4.39 Å². The number of nitrogens with one attached hydrogen (secondary N) is 2. The van der Waals surface area contributed by atoms with Gasteiger partial charge in [0.15, 0.2) is 5.76 Å². The third-order valence-electron chi connectivity index (χ3n) is 3.37. The number of benzene rings is 2. The molecule has 3 rings (SSSR count). The number of carbonyl (C=O) groups excluding carboxylic acids is 2. The molecule has 0 bridgehead atoms. The third kappa shape index (κ3) is 3.95. The first kappa shape index (κ1) is 16.9. The Balaban J connectivity index is 1.65. The van der Waals surface area contributed by atoms with E-state index < -0.39 is 17.6 Å². The van der Waals surface area contributed by atoms with Gasteiger partial charge in [-0.05, 0) is 48.5 Å². The largest absolute Gasteiger partial charge is 0.451 e. The van der Waals surface area contributed by atoms with Gasteiger partial charge in [0.25, 0.3) is 5.91 Å². The molecule has 7 heteroatoms. The standard InChI is InChI=1S/C18H12BrFN2O3/c19-12-7-5-11(6-8-12)17(23)21-22-18(24)16-10-9-15(25-16)13-3-1-2-4-14(13)20/h1-10H,(H,21,23)(H,22,24).